The van der Waals surface area contributed by atoms with Crippen molar-refractivity contribution in [3.8, 4) is 0 Å². The highest BCUT2D eigenvalue weighted by molar-refractivity contribution is 9.10. The molecule has 96 valence electrons. The second-order valence-corrected chi connectivity index (χ2v) is 5.29. The standard InChI is InChI=1S/C15H12BrNO2/c16-12-6-8-13(9-7-12)17-10-14(19-15(17)18)11-4-2-1-3-5-11/h1-9,14H,10H2/t14-/m0/s1. The van der Waals surface area contributed by atoms with E-state index in [-0.39, 0.29) is 12.2 Å². The zero-order valence-corrected chi connectivity index (χ0v) is 11.7. The van der Waals surface area contributed by atoms with Crippen molar-refractivity contribution in [3.05, 3.63) is 64.6 Å². The van der Waals surface area contributed by atoms with Gasteiger partial charge in [-0.15, -0.1) is 0 Å². The topological polar surface area (TPSA) is 29.5 Å². The SMILES string of the molecule is O=C1O[C@H](c2ccccc2)CN1c1ccc(Br)cc1. The van der Waals surface area contributed by atoms with Gasteiger partial charge in [0.25, 0.3) is 0 Å². The maximum Gasteiger partial charge on any atom is 0.415 e. The highest BCUT2D eigenvalue weighted by Crippen LogP contribution is 2.30. The highest BCUT2D eigenvalue weighted by atomic mass is 79.9. The van der Waals surface area contributed by atoms with E-state index in [2.05, 4.69) is 15.9 Å². The van der Waals surface area contributed by atoms with Gasteiger partial charge >= 0.3 is 6.09 Å². The van der Waals surface area contributed by atoms with Gasteiger partial charge in [0.2, 0.25) is 0 Å². The van der Waals surface area contributed by atoms with Crippen LogP contribution in [-0.2, 0) is 4.74 Å². The van der Waals surface area contributed by atoms with E-state index >= 15 is 0 Å². The first-order valence-corrected chi connectivity index (χ1v) is 6.82. The van der Waals surface area contributed by atoms with Gasteiger partial charge < -0.3 is 4.74 Å². The molecule has 0 bridgehead atoms. The lowest BCUT2D eigenvalue weighted by Crippen LogP contribution is -2.23. The molecule has 4 heteroatoms. The van der Waals surface area contributed by atoms with Gasteiger partial charge in [-0.3, -0.25) is 4.90 Å². The summed E-state index contributed by atoms with van der Waals surface area (Å²) >= 11 is 3.38. The minimum atomic E-state index is -0.295. The number of hydrogen-bond acceptors (Lipinski definition) is 2. The molecule has 0 N–H and O–H groups in total. The molecule has 1 heterocycles. The van der Waals surface area contributed by atoms with E-state index in [1.54, 1.807) is 4.90 Å². The lowest BCUT2D eigenvalue weighted by Gasteiger charge is -2.12. The van der Waals surface area contributed by atoms with Crippen molar-refractivity contribution in [1.82, 2.24) is 0 Å². The van der Waals surface area contributed by atoms with Crippen LogP contribution >= 0.6 is 15.9 Å². The van der Waals surface area contributed by atoms with Crippen LogP contribution in [0.15, 0.2) is 59.1 Å². The van der Waals surface area contributed by atoms with E-state index in [9.17, 15) is 4.79 Å². The number of amides is 1. The fourth-order valence-electron chi connectivity index (χ4n) is 2.14. The number of rotatable bonds is 2. The molecule has 2 aromatic carbocycles. The summed E-state index contributed by atoms with van der Waals surface area (Å²) in [7, 11) is 0. The lowest BCUT2D eigenvalue weighted by atomic mass is 10.1. The summed E-state index contributed by atoms with van der Waals surface area (Å²) in [4.78, 5) is 13.6. The Hall–Kier alpha value is -1.81. The molecule has 3 nitrogen and oxygen atoms in total. The van der Waals surface area contributed by atoms with Crippen LogP contribution in [0.5, 0.6) is 0 Å². The first-order valence-electron chi connectivity index (χ1n) is 6.03. The van der Waals surface area contributed by atoms with Gasteiger partial charge in [0, 0.05) is 10.2 Å². The second kappa shape index (κ2) is 5.05. The molecule has 3 rings (SSSR count). The normalized spacial score (nSPS) is 18.5. The molecular formula is C15H12BrNO2. The predicted molar refractivity (Wildman–Crippen MR) is 77.2 cm³/mol. The Kier molecular flexibility index (Phi) is 3.25. The van der Waals surface area contributed by atoms with Gasteiger partial charge in [-0.2, -0.15) is 0 Å². The summed E-state index contributed by atoms with van der Waals surface area (Å²) in [5.41, 5.74) is 1.88. The maximum absolute atomic E-state index is 11.9. The zero-order valence-electron chi connectivity index (χ0n) is 10.1. The van der Waals surface area contributed by atoms with E-state index in [4.69, 9.17) is 4.74 Å². The van der Waals surface area contributed by atoms with Crippen LogP contribution in [0.4, 0.5) is 10.5 Å². The molecule has 0 aromatic heterocycles. The minimum absolute atomic E-state index is 0.197. The highest BCUT2D eigenvalue weighted by Gasteiger charge is 2.33. The summed E-state index contributed by atoms with van der Waals surface area (Å²) in [5.74, 6) is 0. The fraction of sp³-hybridized carbons (Fsp3) is 0.133. The summed E-state index contributed by atoms with van der Waals surface area (Å²) in [6, 6.07) is 17.4. The third kappa shape index (κ3) is 2.49. The number of ether oxygens (including phenoxy) is 1. The van der Waals surface area contributed by atoms with Crippen molar-refractivity contribution in [2.24, 2.45) is 0 Å². The lowest BCUT2D eigenvalue weighted by molar-refractivity contribution is 0.142. The number of halogens is 1. The van der Waals surface area contributed by atoms with Crippen LogP contribution in [0, 0.1) is 0 Å². The number of nitrogens with zero attached hydrogens (tertiary/aromatic N) is 1. The largest absolute Gasteiger partial charge is 0.439 e. The smallest absolute Gasteiger partial charge is 0.415 e. The Labute approximate surface area is 119 Å². The first-order chi connectivity index (χ1) is 9.24. The number of cyclic esters (lactones) is 1. The van der Waals surface area contributed by atoms with Gasteiger partial charge in [0.1, 0.15) is 6.10 Å². The van der Waals surface area contributed by atoms with Gasteiger partial charge in [-0.1, -0.05) is 46.3 Å². The summed E-state index contributed by atoms with van der Waals surface area (Å²) in [5, 5.41) is 0. The monoisotopic (exact) mass is 317 g/mol. The average Bonchev–Trinajstić information content (AvgIpc) is 2.83. The number of carbonyl (C=O) groups excluding carboxylic acids is 1. The molecule has 0 unspecified atom stereocenters. The predicted octanol–water partition coefficient (Wildman–Crippen LogP) is 4.15. The van der Waals surface area contributed by atoms with E-state index in [1.165, 1.54) is 0 Å². The summed E-state index contributed by atoms with van der Waals surface area (Å²) in [6.07, 6.45) is -0.492. The van der Waals surface area contributed by atoms with Crippen molar-refractivity contribution in [2.45, 2.75) is 6.10 Å². The Morgan fingerprint density at radius 1 is 1.05 bits per heavy atom. The second-order valence-electron chi connectivity index (χ2n) is 4.37. The average molecular weight is 318 g/mol. The third-order valence-electron chi connectivity index (χ3n) is 3.12. The fourth-order valence-corrected chi connectivity index (χ4v) is 2.40. The molecule has 0 radical (unpaired) electrons. The van der Waals surface area contributed by atoms with Crippen molar-refractivity contribution in [1.29, 1.82) is 0 Å². The zero-order chi connectivity index (χ0) is 13.2. The Bertz CT molecular complexity index is 583. The molecule has 1 aliphatic rings. The minimum Gasteiger partial charge on any atom is -0.439 e. The molecule has 1 aliphatic heterocycles. The van der Waals surface area contributed by atoms with Gasteiger partial charge in [0.05, 0.1) is 6.54 Å². The number of anilines is 1. The Balaban J connectivity index is 1.82. The maximum atomic E-state index is 11.9. The van der Waals surface area contributed by atoms with Gasteiger partial charge in [-0.25, -0.2) is 4.79 Å². The van der Waals surface area contributed by atoms with Crippen LogP contribution < -0.4 is 4.90 Å². The molecular weight excluding hydrogens is 306 g/mol. The molecule has 1 fully saturated rings. The van der Waals surface area contributed by atoms with Gasteiger partial charge in [-0.05, 0) is 29.8 Å². The quantitative estimate of drug-likeness (QED) is 0.832. The third-order valence-corrected chi connectivity index (χ3v) is 3.65. The molecule has 0 aliphatic carbocycles. The molecule has 2 aromatic rings. The van der Waals surface area contributed by atoms with Crippen molar-refractivity contribution in [3.63, 3.8) is 0 Å². The molecule has 0 saturated carbocycles. The van der Waals surface area contributed by atoms with Crippen molar-refractivity contribution < 1.29 is 9.53 Å². The summed E-state index contributed by atoms with van der Waals surface area (Å²) < 4.78 is 6.41. The molecule has 1 saturated heterocycles. The number of hydrogen-bond donors (Lipinski definition) is 0. The number of carbonyl (C=O) groups is 1. The number of benzene rings is 2. The molecule has 19 heavy (non-hydrogen) atoms. The van der Waals surface area contributed by atoms with E-state index in [1.807, 2.05) is 54.6 Å². The Morgan fingerprint density at radius 3 is 2.42 bits per heavy atom. The summed E-state index contributed by atoms with van der Waals surface area (Å²) in [6.45, 7) is 0.546. The van der Waals surface area contributed by atoms with Gasteiger partial charge in [0.15, 0.2) is 0 Å². The van der Waals surface area contributed by atoms with E-state index < -0.39 is 0 Å². The molecule has 1 atom stereocenters. The van der Waals surface area contributed by atoms with Crippen molar-refractivity contribution >= 4 is 27.7 Å². The Morgan fingerprint density at radius 2 is 1.74 bits per heavy atom. The van der Waals surface area contributed by atoms with Crippen LogP contribution in [0.3, 0.4) is 0 Å². The molecule has 1 amide bonds. The first kappa shape index (κ1) is 12.2. The van der Waals surface area contributed by atoms with Crippen LogP contribution in [0.25, 0.3) is 0 Å². The van der Waals surface area contributed by atoms with Crippen LogP contribution in [-0.4, -0.2) is 12.6 Å². The van der Waals surface area contributed by atoms with Crippen LogP contribution in [0.2, 0.25) is 0 Å². The van der Waals surface area contributed by atoms with Crippen LogP contribution in [0.1, 0.15) is 11.7 Å². The van der Waals surface area contributed by atoms with Crippen molar-refractivity contribution in [2.75, 3.05) is 11.4 Å². The molecule has 0 spiro atoms. The van der Waals surface area contributed by atoms with E-state index in [0.717, 1.165) is 15.7 Å². The van der Waals surface area contributed by atoms with E-state index in [0.29, 0.717) is 6.54 Å².